The lowest BCUT2D eigenvalue weighted by molar-refractivity contribution is 0.138. The van der Waals surface area contributed by atoms with Crippen LogP contribution in [0.4, 0.5) is 0 Å². The number of fused-ring (bicyclic) bond motifs is 1. The molecule has 1 atom stereocenters. The van der Waals surface area contributed by atoms with Crippen LogP contribution in [-0.2, 0) is 13.1 Å². The molecule has 0 fully saturated rings. The molecule has 20 heavy (non-hydrogen) atoms. The summed E-state index contributed by atoms with van der Waals surface area (Å²) in [5.41, 5.74) is 2.31. The number of H-pyrrole nitrogens is 1. The summed E-state index contributed by atoms with van der Waals surface area (Å²) in [6.07, 6.45) is 2.96. The molecule has 4 nitrogen and oxygen atoms in total. The van der Waals surface area contributed by atoms with E-state index in [-0.39, 0.29) is 6.10 Å². The van der Waals surface area contributed by atoms with Gasteiger partial charge < -0.3 is 4.74 Å². The molecule has 0 saturated carbocycles. The zero-order chi connectivity index (χ0) is 13.9. The van der Waals surface area contributed by atoms with Gasteiger partial charge in [-0.05, 0) is 24.6 Å². The molecule has 1 aliphatic rings. The number of rotatable bonds is 3. The fourth-order valence-electron chi connectivity index (χ4n) is 2.53. The van der Waals surface area contributed by atoms with Crippen LogP contribution in [0.1, 0.15) is 24.6 Å². The van der Waals surface area contributed by atoms with Crippen molar-refractivity contribution in [2.24, 2.45) is 0 Å². The molecular formula is C15H18ClN3O. The third-order valence-electron chi connectivity index (χ3n) is 3.59. The maximum Gasteiger partial charge on any atom is 0.125 e. The van der Waals surface area contributed by atoms with Crippen LogP contribution in [0.3, 0.4) is 0 Å². The van der Waals surface area contributed by atoms with E-state index in [4.69, 9.17) is 16.3 Å². The molecule has 1 aliphatic heterocycles. The minimum atomic E-state index is 0.192. The van der Waals surface area contributed by atoms with Crippen LogP contribution in [0.2, 0.25) is 5.02 Å². The Balaban J connectivity index is 1.84. The van der Waals surface area contributed by atoms with E-state index >= 15 is 0 Å². The first-order chi connectivity index (χ1) is 9.74. The Morgan fingerprint density at radius 3 is 3.10 bits per heavy atom. The second kappa shape index (κ2) is 5.85. The van der Waals surface area contributed by atoms with Crippen LogP contribution in [0.15, 0.2) is 30.5 Å². The maximum absolute atomic E-state index is 6.08. The van der Waals surface area contributed by atoms with Crippen molar-refractivity contribution in [2.45, 2.75) is 32.5 Å². The highest BCUT2D eigenvalue weighted by molar-refractivity contribution is 6.30. The zero-order valence-corrected chi connectivity index (χ0v) is 12.2. The van der Waals surface area contributed by atoms with Gasteiger partial charge in [0.1, 0.15) is 11.9 Å². The molecule has 2 aromatic rings. The van der Waals surface area contributed by atoms with E-state index in [1.54, 1.807) is 6.20 Å². The molecule has 5 heteroatoms. The van der Waals surface area contributed by atoms with Gasteiger partial charge in [0, 0.05) is 42.1 Å². The van der Waals surface area contributed by atoms with Crippen molar-refractivity contribution in [1.29, 1.82) is 0 Å². The fraction of sp³-hybridized carbons (Fsp3) is 0.400. The highest BCUT2D eigenvalue weighted by Gasteiger charge is 2.22. The largest absolute Gasteiger partial charge is 0.489 e. The van der Waals surface area contributed by atoms with Gasteiger partial charge >= 0.3 is 0 Å². The number of nitrogens with zero attached hydrogens (tertiary/aromatic N) is 2. The van der Waals surface area contributed by atoms with Gasteiger partial charge in [0.25, 0.3) is 0 Å². The summed E-state index contributed by atoms with van der Waals surface area (Å²) < 4.78 is 6.08. The molecule has 0 amide bonds. The minimum absolute atomic E-state index is 0.192. The molecule has 0 radical (unpaired) electrons. The first kappa shape index (κ1) is 13.5. The van der Waals surface area contributed by atoms with E-state index in [2.05, 4.69) is 28.1 Å². The highest BCUT2D eigenvalue weighted by Crippen LogP contribution is 2.29. The topological polar surface area (TPSA) is 41.2 Å². The lowest BCUT2D eigenvalue weighted by Gasteiger charge is -2.22. The third-order valence-corrected chi connectivity index (χ3v) is 3.82. The monoisotopic (exact) mass is 291 g/mol. The molecule has 2 heterocycles. The number of aromatic amines is 1. The van der Waals surface area contributed by atoms with E-state index in [9.17, 15) is 0 Å². The van der Waals surface area contributed by atoms with Crippen molar-refractivity contribution < 1.29 is 4.74 Å². The van der Waals surface area contributed by atoms with Gasteiger partial charge in [-0.1, -0.05) is 24.6 Å². The molecule has 0 bridgehead atoms. The van der Waals surface area contributed by atoms with Crippen LogP contribution < -0.4 is 4.74 Å². The Kier molecular flexibility index (Phi) is 3.94. The SMILES string of the molecule is CCC1CN(Cc2ccn[nH]2)Cc2ccc(Cl)cc2O1. The molecule has 1 unspecified atom stereocenters. The van der Waals surface area contributed by atoms with Crippen LogP contribution in [0.25, 0.3) is 0 Å². The van der Waals surface area contributed by atoms with E-state index in [1.807, 2.05) is 18.2 Å². The van der Waals surface area contributed by atoms with Crippen LogP contribution >= 0.6 is 11.6 Å². The molecule has 3 rings (SSSR count). The van der Waals surface area contributed by atoms with Gasteiger partial charge in [0.15, 0.2) is 0 Å². The first-order valence-corrected chi connectivity index (χ1v) is 7.28. The molecule has 1 aromatic carbocycles. The van der Waals surface area contributed by atoms with Crippen LogP contribution in [0, 0.1) is 0 Å². The number of hydrogen-bond donors (Lipinski definition) is 1. The molecule has 0 aliphatic carbocycles. The van der Waals surface area contributed by atoms with Gasteiger partial charge in [-0.25, -0.2) is 0 Å². The Hall–Kier alpha value is -1.52. The van der Waals surface area contributed by atoms with Gasteiger partial charge in [0.2, 0.25) is 0 Å². The van der Waals surface area contributed by atoms with Crippen molar-refractivity contribution in [1.82, 2.24) is 15.1 Å². The summed E-state index contributed by atoms with van der Waals surface area (Å²) in [7, 11) is 0. The Labute approximate surface area is 123 Å². The summed E-state index contributed by atoms with van der Waals surface area (Å²) in [4.78, 5) is 2.38. The van der Waals surface area contributed by atoms with E-state index in [0.29, 0.717) is 0 Å². The number of hydrogen-bond acceptors (Lipinski definition) is 3. The lowest BCUT2D eigenvalue weighted by atomic mass is 10.2. The van der Waals surface area contributed by atoms with E-state index in [1.165, 1.54) is 5.56 Å². The van der Waals surface area contributed by atoms with Crippen molar-refractivity contribution in [3.63, 3.8) is 0 Å². The van der Waals surface area contributed by atoms with Gasteiger partial charge in [0.05, 0.1) is 0 Å². The Morgan fingerprint density at radius 1 is 1.45 bits per heavy atom. The zero-order valence-electron chi connectivity index (χ0n) is 11.5. The molecular weight excluding hydrogens is 274 g/mol. The quantitative estimate of drug-likeness (QED) is 0.944. The van der Waals surface area contributed by atoms with Crippen LogP contribution in [0.5, 0.6) is 5.75 Å². The third kappa shape index (κ3) is 2.97. The predicted octanol–water partition coefficient (Wildman–Crippen LogP) is 3.24. The molecule has 1 aromatic heterocycles. The maximum atomic E-state index is 6.08. The average molecular weight is 292 g/mol. The summed E-state index contributed by atoms with van der Waals surface area (Å²) >= 11 is 6.07. The second-order valence-corrected chi connectivity index (χ2v) is 5.59. The summed E-state index contributed by atoms with van der Waals surface area (Å²) in [6.45, 7) is 4.76. The van der Waals surface area contributed by atoms with Crippen molar-refractivity contribution in [3.05, 3.63) is 46.7 Å². The average Bonchev–Trinajstić information content (AvgIpc) is 2.86. The number of halogens is 1. The van der Waals surface area contributed by atoms with Crippen molar-refractivity contribution >= 4 is 11.6 Å². The van der Waals surface area contributed by atoms with Crippen molar-refractivity contribution in [2.75, 3.05) is 6.54 Å². The second-order valence-electron chi connectivity index (χ2n) is 5.15. The Morgan fingerprint density at radius 2 is 2.35 bits per heavy atom. The van der Waals surface area contributed by atoms with Gasteiger partial charge in [-0.15, -0.1) is 0 Å². The first-order valence-electron chi connectivity index (χ1n) is 6.90. The van der Waals surface area contributed by atoms with Gasteiger partial charge in [-0.3, -0.25) is 10.00 Å². The van der Waals surface area contributed by atoms with Crippen LogP contribution in [-0.4, -0.2) is 27.7 Å². The van der Waals surface area contributed by atoms with Crippen molar-refractivity contribution in [3.8, 4) is 5.75 Å². The number of aromatic nitrogens is 2. The normalized spacial score (nSPS) is 19.2. The smallest absolute Gasteiger partial charge is 0.125 e. The van der Waals surface area contributed by atoms with E-state index in [0.717, 1.165) is 42.5 Å². The molecule has 0 spiro atoms. The molecule has 106 valence electrons. The van der Waals surface area contributed by atoms with E-state index < -0.39 is 0 Å². The summed E-state index contributed by atoms with van der Waals surface area (Å²) in [5.74, 6) is 0.913. The standard InChI is InChI=1S/C15H18ClN3O/c1-2-14-10-19(9-13-5-6-17-18-13)8-11-3-4-12(16)7-15(11)20-14/h3-7,14H,2,8-10H2,1H3,(H,17,18). The number of benzene rings is 1. The number of ether oxygens (including phenoxy) is 1. The predicted molar refractivity (Wildman–Crippen MR) is 78.9 cm³/mol. The summed E-state index contributed by atoms with van der Waals surface area (Å²) in [6, 6.07) is 7.90. The fourth-order valence-corrected chi connectivity index (χ4v) is 2.69. The summed E-state index contributed by atoms with van der Waals surface area (Å²) in [5, 5.41) is 7.75. The molecule has 1 N–H and O–H groups in total. The molecule has 0 saturated heterocycles. The Bertz CT molecular complexity index is 571. The lowest BCUT2D eigenvalue weighted by Crippen LogP contribution is -2.32. The van der Waals surface area contributed by atoms with Gasteiger partial charge in [-0.2, -0.15) is 5.10 Å². The minimum Gasteiger partial charge on any atom is -0.489 e. The highest BCUT2D eigenvalue weighted by atomic mass is 35.5. The number of nitrogens with one attached hydrogen (secondary N) is 1.